The number of carboxylic acids is 1. The molecule has 0 aliphatic heterocycles. The van der Waals surface area contributed by atoms with Gasteiger partial charge in [-0.1, -0.05) is 12.1 Å². The molecule has 8 heteroatoms. The van der Waals surface area contributed by atoms with Crippen molar-refractivity contribution in [3.63, 3.8) is 0 Å². The first-order valence-corrected chi connectivity index (χ1v) is 8.82. The number of non-ortho nitro benzene ring substituents is 1. The molecule has 0 atom stereocenters. The Labute approximate surface area is 162 Å². The van der Waals surface area contributed by atoms with E-state index in [0.717, 1.165) is 5.69 Å². The molecule has 2 rings (SSSR count). The summed E-state index contributed by atoms with van der Waals surface area (Å²) in [7, 11) is 0. The Morgan fingerprint density at radius 3 is 2.14 bits per heavy atom. The van der Waals surface area contributed by atoms with E-state index in [1.54, 1.807) is 50.2 Å². The molecule has 0 aliphatic rings. The second kappa shape index (κ2) is 8.98. The van der Waals surface area contributed by atoms with Crippen LogP contribution in [0.4, 0.5) is 17.1 Å². The fraction of sp³-hybridized carbons (Fsp3) is 0.300. The molecule has 1 amide bonds. The number of amides is 1. The van der Waals surface area contributed by atoms with E-state index in [1.807, 2.05) is 0 Å². The number of nitro groups is 1. The van der Waals surface area contributed by atoms with Gasteiger partial charge in [-0.15, -0.1) is 0 Å². The number of nitro benzene ring substituents is 1. The van der Waals surface area contributed by atoms with Crippen LogP contribution in [0.25, 0.3) is 0 Å². The lowest BCUT2D eigenvalue weighted by Crippen LogP contribution is -2.28. The van der Waals surface area contributed by atoms with Gasteiger partial charge in [0.15, 0.2) is 0 Å². The minimum atomic E-state index is -0.994. The number of aliphatic carboxylic acids is 1. The molecular formula is C20H23N3O5. The fourth-order valence-electron chi connectivity index (χ4n) is 2.50. The molecule has 0 fully saturated rings. The number of nitrogens with one attached hydrogen (secondary N) is 2. The van der Waals surface area contributed by atoms with Gasteiger partial charge >= 0.3 is 5.97 Å². The first-order valence-electron chi connectivity index (χ1n) is 8.82. The molecule has 3 N–H and O–H groups in total. The van der Waals surface area contributed by atoms with Gasteiger partial charge in [0.05, 0.1) is 10.3 Å². The van der Waals surface area contributed by atoms with Crippen LogP contribution in [0, 0.1) is 10.1 Å². The Morgan fingerprint density at radius 1 is 1.04 bits per heavy atom. The van der Waals surface area contributed by atoms with E-state index in [4.69, 9.17) is 0 Å². The molecule has 148 valence electrons. The first-order chi connectivity index (χ1) is 13.2. The van der Waals surface area contributed by atoms with E-state index < -0.39 is 16.3 Å². The third-order valence-corrected chi connectivity index (χ3v) is 4.41. The Morgan fingerprint density at radius 2 is 1.61 bits per heavy atom. The second-order valence-electron chi connectivity index (χ2n) is 6.89. The van der Waals surface area contributed by atoms with Crippen molar-refractivity contribution >= 4 is 28.9 Å². The van der Waals surface area contributed by atoms with Crippen molar-refractivity contribution in [1.29, 1.82) is 0 Å². The summed E-state index contributed by atoms with van der Waals surface area (Å²) in [5, 5.41) is 25.7. The summed E-state index contributed by atoms with van der Waals surface area (Å²) in [6, 6.07) is 12.9. The molecular weight excluding hydrogens is 362 g/mol. The van der Waals surface area contributed by atoms with Crippen LogP contribution in [-0.4, -0.2) is 28.5 Å². The quantitative estimate of drug-likeness (QED) is 0.343. The van der Waals surface area contributed by atoms with Crippen molar-refractivity contribution in [2.24, 2.45) is 0 Å². The maximum absolute atomic E-state index is 12.0. The Kier molecular flexibility index (Phi) is 6.70. The van der Waals surface area contributed by atoms with Gasteiger partial charge in [0.2, 0.25) is 5.91 Å². The van der Waals surface area contributed by atoms with E-state index >= 15 is 0 Å². The zero-order valence-electron chi connectivity index (χ0n) is 15.8. The van der Waals surface area contributed by atoms with Gasteiger partial charge in [0.1, 0.15) is 0 Å². The third-order valence-electron chi connectivity index (χ3n) is 4.41. The average Bonchev–Trinajstić information content (AvgIpc) is 2.66. The molecule has 0 bridgehead atoms. The van der Waals surface area contributed by atoms with Crippen LogP contribution in [0.3, 0.4) is 0 Å². The summed E-state index contributed by atoms with van der Waals surface area (Å²) in [4.78, 5) is 33.5. The predicted octanol–water partition coefficient (Wildman–Crippen LogP) is 3.79. The highest BCUT2D eigenvalue weighted by Gasteiger charge is 2.29. The van der Waals surface area contributed by atoms with Crippen LogP contribution in [0.1, 0.15) is 32.3 Å². The summed E-state index contributed by atoms with van der Waals surface area (Å²) in [5.74, 6) is -1.06. The van der Waals surface area contributed by atoms with Gasteiger partial charge in [-0.3, -0.25) is 19.7 Å². The van der Waals surface area contributed by atoms with Crippen molar-refractivity contribution in [2.75, 3.05) is 17.2 Å². The lowest BCUT2D eigenvalue weighted by Gasteiger charge is -2.19. The van der Waals surface area contributed by atoms with E-state index in [0.29, 0.717) is 30.6 Å². The number of benzene rings is 2. The molecule has 2 aromatic carbocycles. The number of hydrogen-bond donors (Lipinski definition) is 3. The van der Waals surface area contributed by atoms with Gasteiger partial charge < -0.3 is 15.7 Å². The lowest BCUT2D eigenvalue weighted by molar-refractivity contribution is -0.384. The van der Waals surface area contributed by atoms with Crippen LogP contribution in [0.15, 0.2) is 48.5 Å². The van der Waals surface area contributed by atoms with Crippen LogP contribution in [0.5, 0.6) is 0 Å². The number of hydrogen-bond acceptors (Lipinski definition) is 5. The molecule has 2 aromatic rings. The van der Waals surface area contributed by atoms with E-state index in [-0.39, 0.29) is 11.6 Å². The number of anilines is 2. The molecule has 8 nitrogen and oxygen atoms in total. The van der Waals surface area contributed by atoms with Gasteiger partial charge in [-0.25, -0.2) is 0 Å². The summed E-state index contributed by atoms with van der Waals surface area (Å²) in [5.41, 5.74) is 1.06. The standard InChI is InChI=1S/C20H23N3O5/c1-20(2,19(25)26)14-5-7-16(8-6-14)22-18(24)4-3-13-21-15-9-11-17(12-10-15)23(27)28/h5-12,21H,3-4,13H2,1-2H3,(H,22,24)(H,25,26). The summed E-state index contributed by atoms with van der Waals surface area (Å²) < 4.78 is 0. The monoisotopic (exact) mass is 385 g/mol. The first kappa shape index (κ1) is 20.9. The molecule has 0 radical (unpaired) electrons. The topological polar surface area (TPSA) is 122 Å². The van der Waals surface area contributed by atoms with Crippen molar-refractivity contribution in [2.45, 2.75) is 32.1 Å². The van der Waals surface area contributed by atoms with Crippen molar-refractivity contribution in [1.82, 2.24) is 0 Å². The summed E-state index contributed by atoms with van der Waals surface area (Å²) >= 11 is 0. The lowest BCUT2D eigenvalue weighted by atomic mass is 9.85. The molecule has 0 spiro atoms. The normalized spacial score (nSPS) is 10.9. The molecule has 28 heavy (non-hydrogen) atoms. The number of carbonyl (C=O) groups excluding carboxylic acids is 1. The van der Waals surface area contributed by atoms with Gasteiger partial charge in [0.25, 0.3) is 5.69 Å². The van der Waals surface area contributed by atoms with E-state index in [2.05, 4.69) is 10.6 Å². The summed E-state index contributed by atoms with van der Waals surface area (Å²) in [6.45, 7) is 3.80. The predicted molar refractivity (Wildman–Crippen MR) is 107 cm³/mol. The molecule has 0 saturated carbocycles. The Hall–Kier alpha value is -3.42. The smallest absolute Gasteiger partial charge is 0.313 e. The van der Waals surface area contributed by atoms with E-state index in [9.17, 15) is 24.8 Å². The van der Waals surface area contributed by atoms with Crippen molar-refractivity contribution in [3.8, 4) is 0 Å². The number of carbonyl (C=O) groups is 2. The fourth-order valence-corrected chi connectivity index (χ4v) is 2.50. The third kappa shape index (κ3) is 5.54. The zero-order valence-corrected chi connectivity index (χ0v) is 15.8. The minimum Gasteiger partial charge on any atom is -0.481 e. The molecule has 0 unspecified atom stereocenters. The number of carboxylic acid groups (broad SMARTS) is 1. The van der Waals surface area contributed by atoms with Crippen LogP contribution < -0.4 is 10.6 Å². The maximum atomic E-state index is 12.0. The summed E-state index contributed by atoms with van der Waals surface area (Å²) in [6.07, 6.45) is 0.898. The Balaban J connectivity index is 1.76. The SMILES string of the molecule is CC(C)(C(=O)O)c1ccc(NC(=O)CCCNc2ccc([N+](=O)[O-])cc2)cc1. The average molecular weight is 385 g/mol. The van der Waals surface area contributed by atoms with Gasteiger partial charge in [-0.2, -0.15) is 0 Å². The molecule has 0 aliphatic carbocycles. The highest BCUT2D eigenvalue weighted by Crippen LogP contribution is 2.24. The van der Waals surface area contributed by atoms with Crippen LogP contribution in [0.2, 0.25) is 0 Å². The van der Waals surface area contributed by atoms with Crippen molar-refractivity contribution < 1.29 is 19.6 Å². The van der Waals surface area contributed by atoms with Crippen molar-refractivity contribution in [3.05, 3.63) is 64.2 Å². The van der Waals surface area contributed by atoms with E-state index in [1.165, 1.54) is 12.1 Å². The highest BCUT2D eigenvalue weighted by molar-refractivity contribution is 5.90. The number of nitrogens with zero attached hydrogens (tertiary/aromatic N) is 1. The highest BCUT2D eigenvalue weighted by atomic mass is 16.6. The zero-order chi connectivity index (χ0) is 20.7. The second-order valence-corrected chi connectivity index (χ2v) is 6.89. The minimum absolute atomic E-state index is 0.0303. The van der Waals surface area contributed by atoms with Gasteiger partial charge in [-0.05, 0) is 50.1 Å². The van der Waals surface area contributed by atoms with Crippen LogP contribution >= 0.6 is 0 Å². The van der Waals surface area contributed by atoms with Crippen LogP contribution in [-0.2, 0) is 15.0 Å². The molecule has 0 saturated heterocycles. The number of rotatable bonds is 9. The maximum Gasteiger partial charge on any atom is 0.313 e. The largest absolute Gasteiger partial charge is 0.481 e. The van der Waals surface area contributed by atoms with Gasteiger partial charge in [0, 0.05) is 36.5 Å². The Bertz CT molecular complexity index is 845. The molecule has 0 heterocycles. The molecule has 0 aromatic heterocycles.